The number of nitrogens with one attached hydrogen (secondary N) is 1. The molecule has 3 aliphatic rings. The van der Waals surface area contributed by atoms with Crippen LogP contribution in [0, 0.1) is 0 Å². The Kier molecular flexibility index (Phi) is 12.0. The Labute approximate surface area is 317 Å². The average molecular weight is 740 g/mol. The summed E-state index contributed by atoms with van der Waals surface area (Å²) in [6.07, 6.45) is 8.32. The van der Waals surface area contributed by atoms with Gasteiger partial charge in [-0.3, -0.25) is 4.79 Å². The third-order valence-corrected chi connectivity index (χ3v) is 11.0. The highest BCUT2D eigenvalue weighted by atomic mass is 16.6. The lowest BCUT2D eigenvalue weighted by Gasteiger charge is -2.38. The number of carbonyl (C=O) groups excluding carboxylic acids is 1. The molecule has 3 aromatic rings. The second kappa shape index (κ2) is 16.5. The first-order chi connectivity index (χ1) is 25.8. The predicted octanol–water partition coefficient (Wildman–Crippen LogP) is 4.15. The number of anilines is 1. The molecular formula is C42H55N6O6+. The minimum atomic E-state index is -1.62. The summed E-state index contributed by atoms with van der Waals surface area (Å²) < 4.78 is 9.04. The summed E-state index contributed by atoms with van der Waals surface area (Å²) in [7, 11) is 0. The number of ether oxygens (including phenoxy) is 1. The number of allylic oxidation sites excluding steroid dienone is 6. The second-order valence-corrected chi connectivity index (χ2v) is 15.4. The van der Waals surface area contributed by atoms with Crippen molar-refractivity contribution in [3.05, 3.63) is 108 Å². The smallest absolute Gasteiger partial charge is 0.220 e. The maximum atomic E-state index is 12.7. The summed E-state index contributed by atoms with van der Waals surface area (Å²) in [5.74, 6) is -0.0765. The fourth-order valence-corrected chi connectivity index (χ4v) is 8.01. The SMILES string of the molecule is CCN1C(=CC=CC=CC2=[N+](CCCCCC(=O)NCc3cn(CC4OC(O)C(O)C(O)C4O)nn3)c3ccccc3C2(C)C)C(C)(C)c2ccccc21. The Balaban J connectivity index is 1.01. The molecule has 5 N–H and O–H groups in total. The summed E-state index contributed by atoms with van der Waals surface area (Å²) in [5, 5.41) is 50.5. The van der Waals surface area contributed by atoms with Gasteiger partial charge < -0.3 is 35.4 Å². The summed E-state index contributed by atoms with van der Waals surface area (Å²) in [6, 6.07) is 17.3. The molecule has 1 saturated heterocycles. The first kappa shape index (κ1) is 39.2. The van der Waals surface area contributed by atoms with Gasteiger partial charge in [0.05, 0.1) is 24.7 Å². The van der Waals surface area contributed by atoms with E-state index in [-0.39, 0.29) is 29.8 Å². The second-order valence-electron chi connectivity index (χ2n) is 15.4. The van der Waals surface area contributed by atoms with E-state index in [9.17, 15) is 25.2 Å². The summed E-state index contributed by atoms with van der Waals surface area (Å²) >= 11 is 0. The summed E-state index contributed by atoms with van der Waals surface area (Å²) in [5.41, 5.74) is 8.06. The zero-order valence-corrected chi connectivity index (χ0v) is 32.0. The Morgan fingerprint density at radius 1 is 0.907 bits per heavy atom. The third-order valence-electron chi connectivity index (χ3n) is 11.0. The van der Waals surface area contributed by atoms with Crippen molar-refractivity contribution in [2.24, 2.45) is 0 Å². The van der Waals surface area contributed by atoms with E-state index in [1.54, 1.807) is 6.20 Å². The fraction of sp³-hybridized carbons (Fsp3) is 0.476. The molecule has 5 atom stereocenters. The summed E-state index contributed by atoms with van der Waals surface area (Å²) in [4.78, 5) is 15.1. The number of nitrogens with zero attached hydrogens (tertiary/aromatic N) is 5. The van der Waals surface area contributed by atoms with Gasteiger partial charge in [0.1, 0.15) is 36.7 Å². The maximum absolute atomic E-state index is 12.7. The first-order valence-corrected chi connectivity index (χ1v) is 19.0. The molecule has 0 spiro atoms. The van der Waals surface area contributed by atoms with E-state index in [4.69, 9.17) is 4.74 Å². The number of amides is 1. The number of para-hydroxylation sites is 2. The summed E-state index contributed by atoms with van der Waals surface area (Å²) in [6.45, 7) is 13.3. The molecule has 54 heavy (non-hydrogen) atoms. The van der Waals surface area contributed by atoms with Crippen molar-refractivity contribution < 1.29 is 34.5 Å². The van der Waals surface area contributed by atoms with Crippen LogP contribution in [0.4, 0.5) is 11.4 Å². The van der Waals surface area contributed by atoms with Crippen molar-refractivity contribution in [1.82, 2.24) is 20.3 Å². The number of carbonyl (C=O) groups is 1. The van der Waals surface area contributed by atoms with E-state index in [0.717, 1.165) is 32.4 Å². The number of aromatic nitrogens is 3. The van der Waals surface area contributed by atoms with Gasteiger partial charge >= 0.3 is 0 Å². The van der Waals surface area contributed by atoms with Crippen LogP contribution in [0.1, 0.15) is 77.1 Å². The molecule has 12 nitrogen and oxygen atoms in total. The van der Waals surface area contributed by atoms with Gasteiger partial charge in [-0.2, -0.15) is 4.58 Å². The van der Waals surface area contributed by atoms with E-state index in [2.05, 4.69) is 139 Å². The van der Waals surface area contributed by atoms with Gasteiger partial charge in [-0.1, -0.05) is 73.7 Å². The number of rotatable bonds is 14. The Hall–Kier alpha value is -4.46. The van der Waals surface area contributed by atoms with Crippen LogP contribution >= 0.6 is 0 Å². The molecule has 0 bridgehead atoms. The highest BCUT2D eigenvalue weighted by Gasteiger charge is 2.45. The van der Waals surface area contributed by atoms with Crippen LogP contribution < -0.4 is 10.2 Å². The number of benzene rings is 2. The molecule has 0 saturated carbocycles. The van der Waals surface area contributed by atoms with E-state index in [1.165, 1.54) is 38.6 Å². The van der Waals surface area contributed by atoms with Crippen molar-refractivity contribution in [3.63, 3.8) is 0 Å². The van der Waals surface area contributed by atoms with E-state index in [0.29, 0.717) is 12.1 Å². The number of unbranched alkanes of at least 4 members (excludes halogenated alkanes) is 2. The van der Waals surface area contributed by atoms with Crippen LogP contribution in [0.2, 0.25) is 0 Å². The molecule has 1 amide bonds. The fourth-order valence-electron chi connectivity index (χ4n) is 8.01. The third kappa shape index (κ3) is 7.99. The quantitative estimate of drug-likeness (QED) is 0.0932. The molecule has 12 heteroatoms. The van der Waals surface area contributed by atoms with Crippen LogP contribution in [0.25, 0.3) is 0 Å². The van der Waals surface area contributed by atoms with Crippen molar-refractivity contribution in [1.29, 1.82) is 0 Å². The molecule has 1 fully saturated rings. The molecular weight excluding hydrogens is 684 g/mol. The lowest BCUT2D eigenvalue weighted by molar-refractivity contribution is -0.438. The van der Waals surface area contributed by atoms with Gasteiger partial charge in [0.15, 0.2) is 12.0 Å². The van der Waals surface area contributed by atoms with Crippen molar-refractivity contribution in [3.8, 4) is 0 Å². The number of hydrogen-bond donors (Lipinski definition) is 5. The van der Waals surface area contributed by atoms with Crippen LogP contribution in [-0.2, 0) is 33.5 Å². The van der Waals surface area contributed by atoms with Gasteiger partial charge in [-0.05, 0) is 51.3 Å². The van der Waals surface area contributed by atoms with Crippen molar-refractivity contribution in [2.45, 2.75) is 115 Å². The molecule has 5 unspecified atom stereocenters. The van der Waals surface area contributed by atoms with Gasteiger partial charge in [0, 0.05) is 53.9 Å². The van der Waals surface area contributed by atoms with Gasteiger partial charge in [-0.25, -0.2) is 4.68 Å². The minimum Gasteiger partial charge on any atom is -0.388 e. The van der Waals surface area contributed by atoms with Crippen LogP contribution in [0.3, 0.4) is 0 Å². The van der Waals surface area contributed by atoms with Crippen molar-refractivity contribution >= 4 is 23.0 Å². The first-order valence-electron chi connectivity index (χ1n) is 19.0. The predicted molar refractivity (Wildman–Crippen MR) is 207 cm³/mol. The molecule has 2 aromatic carbocycles. The van der Waals surface area contributed by atoms with Crippen LogP contribution in [0.5, 0.6) is 0 Å². The Morgan fingerprint density at radius 3 is 2.43 bits per heavy atom. The van der Waals surface area contributed by atoms with Gasteiger partial charge in [-0.15, -0.1) is 5.10 Å². The highest BCUT2D eigenvalue weighted by Crippen LogP contribution is 2.47. The largest absolute Gasteiger partial charge is 0.388 e. The standard InChI is InChI=1S/C42H54N6O6/c1-6-47-31-19-14-12-17-29(31)41(2,3)34(47)21-9-7-10-22-35-42(4,5)30-18-13-15-20-32(30)48(35)24-16-8-11-23-36(49)43-25-28-26-46(45-44-28)27-33-37(50)38(51)39(52)40(53)54-33/h7,9-10,12-15,17-22,26,33,37-40,50-53H,6,8,11,16,23-25,27H2,1-5H3/p+1. The van der Waals surface area contributed by atoms with Crippen LogP contribution in [-0.4, -0.2) is 95.4 Å². The number of fused-ring (bicyclic) bond motifs is 2. The van der Waals surface area contributed by atoms with Crippen LogP contribution in [0.15, 0.2) is 90.8 Å². The number of aliphatic hydroxyl groups excluding tert-OH is 4. The molecule has 3 aliphatic heterocycles. The molecule has 0 radical (unpaired) electrons. The monoisotopic (exact) mass is 739 g/mol. The molecule has 6 rings (SSSR count). The lowest BCUT2D eigenvalue weighted by Crippen LogP contribution is -2.58. The molecule has 4 heterocycles. The van der Waals surface area contributed by atoms with E-state index >= 15 is 0 Å². The van der Waals surface area contributed by atoms with Crippen molar-refractivity contribution in [2.75, 3.05) is 18.0 Å². The molecule has 1 aromatic heterocycles. The van der Waals surface area contributed by atoms with Gasteiger partial charge in [0.25, 0.3) is 0 Å². The zero-order valence-electron chi connectivity index (χ0n) is 32.0. The zero-order chi connectivity index (χ0) is 38.6. The van der Waals surface area contributed by atoms with E-state index in [1.807, 2.05) is 0 Å². The Morgan fingerprint density at radius 2 is 1.65 bits per heavy atom. The Bertz CT molecular complexity index is 1930. The minimum absolute atomic E-state index is 0.00249. The molecule has 288 valence electrons. The lowest BCUT2D eigenvalue weighted by atomic mass is 9.81. The highest BCUT2D eigenvalue weighted by molar-refractivity contribution is 6.03. The average Bonchev–Trinajstić information content (AvgIpc) is 3.76. The number of likely N-dealkylation sites (N-methyl/N-ethyl adjacent to an activating group) is 1. The number of hydrogen-bond acceptors (Lipinski definition) is 9. The maximum Gasteiger partial charge on any atom is 0.220 e. The molecule has 0 aliphatic carbocycles. The topological polar surface area (TPSA) is 156 Å². The van der Waals surface area contributed by atoms with Gasteiger partial charge in [0.2, 0.25) is 11.6 Å². The number of aliphatic hydroxyl groups is 4. The normalized spacial score (nSPS) is 25.2. The van der Waals surface area contributed by atoms with E-state index < -0.39 is 30.7 Å².